The number of hydrogen-bond donors (Lipinski definition) is 0. The Labute approximate surface area is 359 Å². The number of para-hydroxylation sites is 1. The first-order valence-corrected chi connectivity index (χ1v) is 21.2. The molecule has 0 fully saturated rings. The van der Waals surface area contributed by atoms with Crippen LogP contribution in [0.4, 0.5) is 0 Å². The molecule has 0 saturated heterocycles. The van der Waals surface area contributed by atoms with Gasteiger partial charge in [-0.3, -0.25) is 0 Å². The summed E-state index contributed by atoms with van der Waals surface area (Å²) in [6.07, 6.45) is 0. The van der Waals surface area contributed by atoms with Crippen LogP contribution in [0.3, 0.4) is 0 Å². The topological polar surface area (TPSA) is 38.9 Å². The van der Waals surface area contributed by atoms with Gasteiger partial charge in [0.2, 0.25) is 0 Å². The van der Waals surface area contributed by atoms with Crippen molar-refractivity contribution in [1.29, 1.82) is 0 Å². The van der Waals surface area contributed by atoms with E-state index in [2.05, 4.69) is 206 Å². The summed E-state index contributed by atoms with van der Waals surface area (Å²) in [6.45, 7) is 0. The predicted octanol–water partition coefficient (Wildman–Crippen LogP) is 15.1. The van der Waals surface area contributed by atoms with Crippen molar-refractivity contribution in [3.05, 3.63) is 241 Å². The Kier molecular flexibility index (Phi) is 7.52. The third kappa shape index (κ3) is 5.00. The minimum Gasteiger partial charge on any atom is -0.456 e. The van der Waals surface area contributed by atoms with Crippen molar-refractivity contribution in [2.24, 2.45) is 0 Å². The molecule has 13 rings (SSSR count). The summed E-state index contributed by atoms with van der Waals surface area (Å²) >= 11 is 0. The van der Waals surface area contributed by atoms with Gasteiger partial charge in [-0.2, -0.15) is 0 Å². The Bertz CT molecular complexity index is 3550. The lowest BCUT2D eigenvalue weighted by Gasteiger charge is -2.35. The summed E-state index contributed by atoms with van der Waals surface area (Å²) in [6, 6.07) is 78.8. The number of furan rings is 1. The minimum atomic E-state index is -0.597. The highest BCUT2D eigenvalue weighted by Gasteiger charge is 2.49. The maximum atomic E-state index is 6.27. The highest BCUT2D eigenvalue weighted by molar-refractivity contribution is 6.06. The van der Waals surface area contributed by atoms with Crippen molar-refractivity contribution in [3.63, 3.8) is 0 Å². The Morgan fingerprint density at radius 1 is 0.290 bits per heavy atom. The Morgan fingerprint density at radius 2 is 0.758 bits per heavy atom. The normalized spacial score (nSPS) is 13.0. The first kappa shape index (κ1) is 34.7. The van der Waals surface area contributed by atoms with Gasteiger partial charge in [-0.25, -0.2) is 9.97 Å². The zero-order valence-corrected chi connectivity index (χ0v) is 33.6. The van der Waals surface area contributed by atoms with Crippen LogP contribution >= 0.6 is 0 Å². The van der Waals surface area contributed by atoms with E-state index in [0.717, 1.165) is 61.1 Å². The smallest absolute Gasteiger partial charge is 0.161 e. The molecule has 2 aliphatic rings. The van der Waals surface area contributed by atoms with Gasteiger partial charge >= 0.3 is 0 Å². The van der Waals surface area contributed by atoms with Gasteiger partial charge in [0.15, 0.2) is 5.82 Å². The van der Waals surface area contributed by atoms with Gasteiger partial charge in [-0.1, -0.05) is 182 Å². The fourth-order valence-electron chi connectivity index (χ4n) is 10.5. The van der Waals surface area contributed by atoms with Crippen LogP contribution in [0.2, 0.25) is 0 Å². The van der Waals surface area contributed by atoms with Crippen molar-refractivity contribution >= 4 is 21.9 Å². The van der Waals surface area contributed by atoms with E-state index >= 15 is 0 Å². The highest BCUT2D eigenvalue weighted by atomic mass is 16.3. The van der Waals surface area contributed by atoms with Crippen LogP contribution in [0.25, 0.3) is 100 Å². The molecular weight excluding hydrogens is 753 g/mol. The largest absolute Gasteiger partial charge is 0.456 e. The molecule has 0 amide bonds. The number of rotatable bonds is 4. The van der Waals surface area contributed by atoms with Crippen LogP contribution in [0.1, 0.15) is 22.3 Å². The number of hydrogen-bond acceptors (Lipinski definition) is 3. The van der Waals surface area contributed by atoms with E-state index < -0.39 is 5.41 Å². The fraction of sp³-hybridized carbons (Fsp3) is 0.0169. The summed E-state index contributed by atoms with van der Waals surface area (Å²) in [4.78, 5) is 10.9. The van der Waals surface area contributed by atoms with Gasteiger partial charge in [0.05, 0.1) is 16.8 Å². The summed E-state index contributed by atoms with van der Waals surface area (Å²) in [5.74, 6) is 0.672. The van der Waals surface area contributed by atoms with E-state index in [1.807, 2.05) is 12.1 Å². The number of benzene rings is 9. The van der Waals surface area contributed by atoms with Gasteiger partial charge in [-0.05, 0) is 103 Å². The standard InChI is InChI=1S/C59H36N2O/c1-2-16-37(17-3-1)40-18-4-7-25-48(40)58-60-54(38-31-33-57-49(34-38)47-24-11-15-29-56(47)62-57)36-55(61-58)39-30-32-46-42-20-6-5-19-41(42)43-21-8-12-26-50(43)59(53(46)35-39)51-27-13-9-22-44(51)45-23-10-14-28-52(45)59/h1-36H. The lowest BCUT2D eigenvalue weighted by atomic mass is 9.65. The minimum absolute atomic E-state index is 0.597. The zero-order valence-electron chi connectivity index (χ0n) is 33.6. The van der Waals surface area contributed by atoms with E-state index in [4.69, 9.17) is 14.4 Å². The Balaban J connectivity index is 1.11. The molecule has 2 aromatic heterocycles. The molecule has 2 aliphatic carbocycles. The average molecular weight is 789 g/mol. The molecule has 3 heteroatoms. The SMILES string of the molecule is c1ccc(-c2ccccc2-c2nc(-c3ccc4c(c3)C3(c5ccccc5-c5ccccc5-4)c4ccccc4-c4ccccc43)cc(-c3ccc4oc5ccccc5c4c3)n2)cc1. The van der Waals surface area contributed by atoms with E-state index in [1.165, 1.54) is 55.6 Å². The second-order valence-electron chi connectivity index (χ2n) is 16.4. The van der Waals surface area contributed by atoms with Gasteiger partial charge in [-0.15, -0.1) is 0 Å². The Hall–Kier alpha value is -8.14. The molecule has 9 aromatic carbocycles. The second-order valence-corrected chi connectivity index (χ2v) is 16.4. The molecule has 0 aliphatic heterocycles. The fourth-order valence-corrected chi connectivity index (χ4v) is 10.5. The van der Waals surface area contributed by atoms with Crippen LogP contribution in [0.15, 0.2) is 223 Å². The zero-order chi connectivity index (χ0) is 40.8. The molecule has 0 atom stereocenters. The van der Waals surface area contributed by atoms with Crippen molar-refractivity contribution in [2.75, 3.05) is 0 Å². The van der Waals surface area contributed by atoms with Crippen molar-refractivity contribution in [1.82, 2.24) is 9.97 Å². The van der Waals surface area contributed by atoms with Gasteiger partial charge in [0.25, 0.3) is 0 Å². The predicted molar refractivity (Wildman–Crippen MR) is 253 cm³/mol. The van der Waals surface area contributed by atoms with Gasteiger partial charge in [0.1, 0.15) is 11.2 Å². The monoisotopic (exact) mass is 788 g/mol. The van der Waals surface area contributed by atoms with Crippen molar-refractivity contribution in [2.45, 2.75) is 5.41 Å². The molecule has 0 N–H and O–H groups in total. The van der Waals surface area contributed by atoms with E-state index in [-0.39, 0.29) is 0 Å². The quantitative estimate of drug-likeness (QED) is 0.178. The van der Waals surface area contributed by atoms with Crippen molar-refractivity contribution in [3.8, 4) is 78.4 Å². The third-order valence-corrected chi connectivity index (χ3v) is 13.2. The van der Waals surface area contributed by atoms with Crippen LogP contribution in [-0.2, 0) is 5.41 Å². The molecule has 0 radical (unpaired) electrons. The molecule has 0 unspecified atom stereocenters. The highest BCUT2D eigenvalue weighted by Crippen LogP contribution is 2.61. The number of nitrogens with zero attached hydrogens (tertiary/aromatic N) is 2. The van der Waals surface area contributed by atoms with Crippen LogP contribution < -0.4 is 0 Å². The molecule has 11 aromatic rings. The molecular formula is C59H36N2O. The maximum absolute atomic E-state index is 6.27. The number of aromatic nitrogens is 2. The molecule has 3 nitrogen and oxygen atoms in total. The van der Waals surface area contributed by atoms with E-state index in [0.29, 0.717) is 5.82 Å². The molecule has 288 valence electrons. The number of fused-ring (bicyclic) bond motifs is 15. The third-order valence-electron chi connectivity index (χ3n) is 13.2. The van der Waals surface area contributed by atoms with Gasteiger partial charge in [0, 0.05) is 27.5 Å². The lowest BCUT2D eigenvalue weighted by molar-refractivity contribution is 0.669. The lowest BCUT2D eigenvalue weighted by Crippen LogP contribution is -2.29. The first-order valence-electron chi connectivity index (χ1n) is 21.2. The van der Waals surface area contributed by atoms with Crippen molar-refractivity contribution < 1.29 is 4.42 Å². The maximum Gasteiger partial charge on any atom is 0.161 e. The van der Waals surface area contributed by atoms with Crippen LogP contribution in [0.5, 0.6) is 0 Å². The second kappa shape index (κ2) is 13.4. The molecule has 1 spiro atoms. The average Bonchev–Trinajstić information content (AvgIpc) is 3.84. The Morgan fingerprint density at radius 3 is 1.42 bits per heavy atom. The summed E-state index contributed by atoms with van der Waals surface area (Å²) in [5.41, 5.74) is 20.6. The van der Waals surface area contributed by atoms with E-state index in [9.17, 15) is 0 Å². The van der Waals surface area contributed by atoms with Crippen LogP contribution in [-0.4, -0.2) is 9.97 Å². The molecule has 2 heterocycles. The van der Waals surface area contributed by atoms with E-state index in [1.54, 1.807) is 0 Å². The van der Waals surface area contributed by atoms with Gasteiger partial charge < -0.3 is 4.42 Å². The first-order chi connectivity index (χ1) is 30.7. The molecule has 62 heavy (non-hydrogen) atoms. The molecule has 0 saturated carbocycles. The summed E-state index contributed by atoms with van der Waals surface area (Å²) in [7, 11) is 0. The molecule has 0 bridgehead atoms. The summed E-state index contributed by atoms with van der Waals surface area (Å²) in [5, 5.41) is 2.15. The summed E-state index contributed by atoms with van der Waals surface area (Å²) < 4.78 is 6.27. The van der Waals surface area contributed by atoms with Crippen LogP contribution in [0, 0.1) is 0 Å².